The summed E-state index contributed by atoms with van der Waals surface area (Å²) in [6.07, 6.45) is -4.05. The lowest BCUT2D eigenvalue weighted by Crippen LogP contribution is -2.07. The summed E-state index contributed by atoms with van der Waals surface area (Å²) in [5.74, 6) is 0.0885. The molecule has 31 heavy (non-hydrogen) atoms. The van der Waals surface area contributed by atoms with Crippen LogP contribution in [0.1, 0.15) is 16.7 Å². The molecule has 5 rings (SSSR count). The fraction of sp³-hybridized carbons (Fsp3) is 0.0800. The third-order valence-corrected chi connectivity index (χ3v) is 5.52. The fourth-order valence-electron chi connectivity index (χ4n) is 4.18. The van der Waals surface area contributed by atoms with E-state index in [1.807, 2.05) is 6.07 Å². The summed E-state index contributed by atoms with van der Waals surface area (Å²) in [6.45, 7) is 0. The number of hydrogen-bond donors (Lipinski definition) is 2. The fourth-order valence-corrected chi connectivity index (χ4v) is 4.18. The molecule has 0 atom stereocenters. The molecule has 1 aliphatic rings. The Morgan fingerprint density at radius 2 is 1.58 bits per heavy atom. The van der Waals surface area contributed by atoms with Gasteiger partial charge in [-0.15, -0.1) is 0 Å². The van der Waals surface area contributed by atoms with Crippen molar-refractivity contribution in [3.63, 3.8) is 0 Å². The lowest BCUT2D eigenvalue weighted by atomic mass is 9.94. The predicted octanol–water partition coefficient (Wildman–Crippen LogP) is 6.42. The number of fused-ring (bicyclic) bond motifs is 3. The number of pyridine rings is 1. The highest BCUT2D eigenvalue weighted by molar-refractivity contribution is 5.88. The molecule has 0 saturated heterocycles. The summed E-state index contributed by atoms with van der Waals surface area (Å²) in [4.78, 5) is 4.59. The van der Waals surface area contributed by atoms with E-state index in [9.17, 15) is 23.4 Å². The summed E-state index contributed by atoms with van der Waals surface area (Å²) >= 11 is 0. The van der Waals surface area contributed by atoms with Crippen LogP contribution in [0.4, 0.5) is 13.2 Å². The molecule has 0 fully saturated rings. The summed E-state index contributed by atoms with van der Waals surface area (Å²) in [7, 11) is 0. The number of phenols is 2. The predicted molar refractivity (Wildman–Crippen MR) is 112 cm³/mol. The van der Waals surface area contributed by atoms with E-state index in [-0.39, 0.29) is 22.8 Å². The minimum absolute atomic E-state index is 0.0341. The number of nitrogens with zero attached hydrogens (tertiary/aromatic N) is 1. The van der Waals surface area contributed by atoms with Crippen LogP contribution in [0.25, 0.3) is 33.6 Å². The van der Waals surface area contributed by atoms with E-state index < -0.39 is 11.7 Å². The number of hydrogen-bond acceptors (Lipinski definition) is 3. The summed E-state index contributed by atoms with van der Waals surface area (Å²) in [6, 6.07) is 18.6. The van der Waals surface area contributed by atoms with Gasteiger partial charge in [0.25, 0.3) is 0 Å². The van der Waals surface area contributed by atoms with Gasteiger partial charge < -0.3 is 10.2 Å². The molecule has 0 aliphatic heterocycles. The maximum absolute atomic E-state index is 13.7. The Hall–Kier alpha value is -3.80. The number of benzene rings is 3. The van der Waals surface area contributed by atoms with E-state index in [2.05, 4.69) is 4.98 Å². The smallest absolute Gasteiger partial charge is 0.417 e. The molecule has 3 aromatic carbocycles. The number of rotatable bonds is 2. The first-order valence-corrected chi connectivity index (χ1v) is 9.64. The normalized spacial score (nSPS) is 12.5. The van der Waals surface area contributed by atoms with Crippen molar-refractivity contribution in [3.05, 3.63) is 89.5 Å². The second kappa shape index (κ2) is 6.87. The molecule has 2 N–H and O–H groups in total. The highest BCUT2D eigenvalue weighted by Gasteiger charge is 2.35. The van der Waals surface area contributed by atoms with Crippen molar-refractivity contribution in [2.24, 2.45) is 0 Å². The third kappa shape index (κ3) is 3.20. The van der Waals surface area contributed by atoms with Crippen LogP contribution in [0.15, 0.2) is 72.8 Å². The highest BCUT2D eigenvalue weighted by atomic mass is 19.4. The molecule has 0 bridgehead atoms. The van der Waals surface area contributed by atoms with Crippen LogP contribution >= 0.6 is 0 Å². The van der Waals surface area contributed by atoms with E-state index in [4.69, 9.17) is 0 Å². The zero-order valence-electron chi connectivity index (χ0n) is 16.1. The van der Waals surface area contributed by atoms with Gasteiger partial charge in [-0.1, -0.05) is 42.5 Å². The molecule has 0 amide bonds. The van der Waals surface area contributed by atoms with E-state index in [0.29, 0.717) is 28.8 Å². The first kappa shape index (κ1) is 19.2. The molecule has 0 unspecified atom stereocenters. The number of aromatic hydroxyl groups is 2. The van der Waals surface area contributed by atoms with E-state index >= 15 is 0 Å². The van der Waals surface area contributed by atoms with Gasteiger partial charge >= 0.3 is 6.18 Å². The van der Waals surface area contributed by atoms with E-state index in [0.717, 1.165) is 17.2 Å². The zero-order chi connectivity index (χ0) is 21.8. The molecule has 6 heteroatoms. The van der Waals surface area contributed by atoms with Crippen molar-refractivity contribution >= 4 is 0 Å². The second-order valence-corrected chi connectivity index (χ2v) is 7.46. The van der Waals surface area contributed by atoms with Crippen LogP contribution in [0.2, 0.25) is 0 Å². The number of alkyl halides is 3. The molecular formula is C25H16F3NO2. The van der Waals surface area contributed by atoms with Gasteiger partial charge in [0.1, 0.15) is 11.5 Å². The quantitative estimate of drug-likeness (QED) is 0.347. The van der Waals surface area contributed by atoms with Crippen molar-refractivity contribution in [3.8, 4) is 45.1 Å². The Balaban J connectivity index is 1.83. The molecule has 4 aromatic rings. The van der Waals surface area contributed by atoms with E-state index in [1.165, 1.54) is 18.2 Å². The summed E-state index contributed by atoms with van der Waals surface area (Å²) in [5, 5.41) is 20.4. The van der Waals surface area contributed by atoms with Gasteiger partial charge in [-0.25, -0.2) is 4.98 Å². The molecule has 0 spiro atoms. The Labute approximate surface area is 176 Å². The maximum atomic E-state index is 13.7. The van der Waals surface area contributed by atoms with Gasteiger partial charge in [-0.05, 0) is 52.6 Å². The zero-order valence-corrected chi connectivity index (χ0v) is 16.1. The standard InChI is InChI=1S/C25H16F3NO2/c26-25(27,28)20-9-2-1-8-17(20)21-13-18(14-5-3-7-16(30)11-14)19-12-15-6-4-10-22(31)23(15)24(19)29-21/h1-11,13,30-31H,12H2. The van der Waals surface area contributed by atoms with Crippen molar-refractivity contribution in [2.45, 2.75) is 12.6 Å². The van der Waals surface area contributed by atoms with Crippen molar-refractivity contribution in [2.75, 3.05) is 0 Å². The third-order valence-electron chi connectivity index (χ3n) is 5.52. The van der Waals surface area contributed by atoms with Gasteiger partial charge in [0.05, 0.1) is 17.0 Å². The number of phenolic OH excluding ortho intramolecular Hbond substituents is 2. The van der Waals surface area contributed by atoms with Gasteiger partial charge in [-0.2, -0.15) is 13.2 Å². The Morgan fingerprint density at radius 1 is 0.806 bits per heavy atom. The highest BCUT2D eigenvalue weighted by Crippen LogP contribution is 2.47. The number of halogens is 3. The van der Waals surface area contributed by atoms with Crippen molar-refractivity contribution in [1.82, 2.24) is 4.98 Å². The first-order chi connectivity index (χ1) is 14.8. The van der Waals surface area contributed by atoms with Crippen LogP contribution in [-0.4, -0.2) is 15.2 Å². The summed E-state index contributed by atoms with van der Waals surface area (Å²) in [5.41, 5.74) is 3.32. The topological polar surface area (TPSA) is 53.4 Å². The average molecular weight is 419 g/mol. The molecule has 0 radical (unpaired) electrons. The molecule has 154 valence electrons. The molecule has 0 saturated carbocycles. The molecule has 1 aromatic heterocycles. The Kier molecular flexibility index (Phi) is 4.25. The Bertz CT molecular complexity index is 1330. The molecule has 1 heterocycles. The SMILES string of the molecule is Oc1cccc(-c2cc(-c3ccccc3C(F)(F)F)nc3c2Cc2cccc(O)c2-3)c1. The minimum atomic E-state index is -4.54. The van der Waals surface area contributed by atoms with Gasteiger partial charge in [0.2, 0.25) is 0 Å². The monoisotopic (exact) mass is 419 g/mol. The lowest BCUT2D eigenvalue weighted by molar-refractivity contribution is -0.137. The first-order valence-electron chi connectivity index (χ1n) is 9.64. The van der Waals surface area contributed by atoms with Crippen LogP contribution in [0.3, 0.4) is 0 Å². The lowest BCUT2D eigenvalue weighted by Gasteiger charge is -2.16. The molecule has 1 aliphatic carbocycles. The second-order valence-electron chi connectivity index (χ2n) is 7.46. The number of aromatic nitrogens is 1. The van der Waals surface area contributed by atoms with Crippen molar-refractivity contribution < 1.29 is 23.4 Å². The Morgan fingerprint density at radius 3 is 2.35 bits per heavy atom. The van der Waals surface area contributed by atoms with Gasteiger partial charge in [-0.3, -0.25) is 0 Å². The van der Waals surface area contributed by atoms with E-state index in [1.54, 1.807) is 42.5 Å². The molecular weight excluding hydrogens is 403 g/mol. The average Bonchev–Trinajstić information content (AvgIpc) is 3.12. The van der Waals surface area contributed by atoms with Crippen molar-refractivity contribution in [1.29, 1.82) is 0 Å². The van der Waals surface area contributed by atoms with Crippen LogP contribution in [0.5, 0.6) is 11.5 Å². The van der Waals surface area contributed by atoms with Gasteiger partial charge in [0, 0.05) is 17.5 Å². The molecule has 3 nitrogen and oxygen atoms in total. The maximum Gasteiger partial charge on any atom is 0.417 e. The minimum Gasteiger partial charge on any atom is -0.508 e. The van der Waals surface area contributed by atoms with Gasteiger partial charge in [0.15, 0.2) is 0 Å². The van der Waals surface area contributed by atoms with Crippen LogP contribution < -0.4 is 0 Å². The van der Waals surface area contributed by atoms with Crippen LogP contribution in [0, 0.1) is 0 Å². The summed E-state index contributed by atoms with van der Waals surface area (Å²) < 4.78 is 41.1. The van der Waals surface area contributed by atoms with Crippen LogP contribution in [-0.2, 0) is 12.6 Å². The largest absolute Gasteiger partial charge is 0.508 e.